The highest BCUT2D eigenvalue weighted by atomic mass is 35.5. The molecule has 0 aliphatic heterocycles. The smallest absolute Gasteiger partial charge is 0.171 e. The van der Waals surface area contributed by atoms with Gasteiger partial charge in [-0.3, -0.25) is 0 Å². The fraction of sp³-hybridized carbons (Fsp3) is 0.174. The van der Waals surface area contributed by atoms with Crippen LogP contribution in [0, 0.1) is 6.92 Å². The molecule has 1 N–H and O–H groups in total. The highest BCUT2D eigenvalue weighted by Gasteiger charge is 2.15. The van der Waals surface area contributed by atoms with Crippen LogP contribution in [0.15, 0.2) is 66.7 Å². The summed E-state index contributed by atoms with van der Waals surface area (Å²) in [6, 6.07) is 21.6. The predicted molar refractivity (Wildman–Crippen MR) is 118 cm³/mol. The second kappa shape index (κ2) is 9.58. The molecule has 0 radical (unpaired) electrons. The van der Waals surface area contributed by atoms with E-state index in [1.165, 1.54) is 5.56 Å². The summed E-state index contributed by atoms with van der Waals surface area (Å²) >= 11 is 11.9. The fourth-order valence-corrected chi connectivity index (χ4v) is 3.18. The van der Waals surface area contributed by atoms with Crippen molar-refractivity contribution in [1.82, 2.24) is 5.32 Å². The molecular formula is C23H22ClNO2S. The van der Waals surface area contributed by atoms with Crippen molar-refractivity contribution in [1.29, 1.82) is 0 Å². The first kappa shape index (κ1) is 20.2. The topological polar surface area (TPSA) is 30.5 Å². The SMILES string of the molecule is COc1cccc(C(=S)NCc2ccc(C)cc2)c1OCc1ccccc1Cl. The van der Waals surface area contributed by atoms with Crippen molar-refractivity contribution >= 4 is 28.8 Å². The number of hydrogen-bond donors (Lipinski definition) is 1. The second-order valence-electron chi connectivity index (χ2n) is 6.39. The molecule has 0 aliphatic rings. The summed E-state index contributed by atoms with van der Waals surface area (Å²) in [5.41, 5.74) is 4.08. The summed E-state index contributed by atoms with van der Waals surface area (Å²) in [5.74, 6) is 1.23. The molecule has 0 bridgehead atoms. The number of methoxy groups -OCH3 is 1. The van der Waals surface area contributed by atoms with Crippen molar-refractivity contribution < 1.29 is 9.47 Å². The molecular weight excluding hydrogens is 390 g/mol. The van der Waals surface area contributed by atoms with Gasteiger partial charge in [0.15, 0.2) is 11.5 Å². The van der Waals surface area contributed by atoms with Gasteiger partial charge >= 0.3 is 0 Å². The van der Waals surface area contributed by atoms with Gasteiger partial charge in [-0.1, -0.05) is 77.9 Å². The standard InChI is InChI=1S/C23H22ClNO2S/c1-16-10-12-17(13-11-16)14-25-23(28)19-7-5-9-21(26-2)22(19)27-15-18-6-3-4-8-20(18)24/h3-13H,14-15H2,1-2H3,(H,25,28). The van der Waals surface area contributed by atoms with E-state index in [1.807, 2.05) is 42.5 Å². The minimum Gasteiger partial charge on any atom is -0.493 e. The Bertz CT molecular complexity index is 957. The van der Waals surface area contributed by atoms with Crippen molar-refractivity contribution in [2.24, 2.45) is 0 Å². The van der Waals surface area contributed by atoms with E-state index in [0.29, 0.717) is 34.7 Å². The van der Waals surface area contributed by atoms with Crippen molar-refractivity contribution in [2.45, 2.75) is 20.1 Å². The van der Waals surface area contributed by atoms with Gasteiger partial charge in [-0.25, -0.2) is 0 Å². The van der Waals surface area contributed by atoms with Crippen LogP contribution in [0.5, 0.6) is 11.5 Å². The number of nitrogens with one attached hydrogen (secondary N) is 1. The molecule has 0 heterocycles. The Morgan fingerprint density at radius 2 is 1.75 bits per heavy atom. The average Bonchev–Trinajstić information content (AvgIpc) is 2.72. The van der Waals surface area contributed by atoms with Crippen molar-refractivity contribution in [3.63, 3.8) is 0 Å². The summed E-state index contributed by atoms with van der Waals surface area (Å²) < 4.78 is 11.6. The van der Waals surface area contributed by atoms with Crippen LogP contribution in [-0.4, -0.2) is 12.1 Å². The number of thiocarbonyl (C=S) groups is 1. The number of hydrogen-bond acceptors (Lipinski definition) is 3. The molecule has 0 aliphatic carbocycles. The monoisotopic (exact) mass is 411 g/mol. The largest absolute Gasteiger partial charge is 0.493 e. The van der Waals surface area contributed by atoms with Crippen LogP contribution in [-0.2, 0) is 13.2 Å². The highest BCUT2D eigenvalue weighted by molar-refractivity contribution is 7.80. The Morgan fingerprint density at radius 3 is 2.46 bits per heavy atom. The molecule has 0 atom stereocenters. The van der Waals surface area contributed by atoms with Gasteiger partial charge in [0.05, 0.1) is 12.7 Å². The molecule has 0 saturated heterocycles. The number of halogens is 1. The van der Waals surface area contributed by atoms with Crippen molar-refractivity contribution in [3.05, 3.63) is 94.0 Å². The van der Waals surface area contributed by atoms with E-state index in [1.54, 1.807) is 7.11 Å². The molecule has 3 nitrogen and oxygen atoms in total. The summed E-state index contributed by atoms with van der Waals surface area (Å²) in [6.45, 7) is 3.04. The Labute approximate surface area is 176 Å². The lowest BCUT2D eigenvalue weighted by atomic mass is 10.1. The zero-order valence-corrected chi connectivity index (χ0v) is 17.4. The molecule has 3 aromatic carbocycles. The molecule has 0 aromatic heterocycles. The lowest BCUT2D eigenvalue weighted by Gasteiger charge is -2.17. The fourth-order valence-electron chi connectivity index (χ4n) is 2.75. The maximum Gasteiger partial charge on any atom is 0.171 e. The van der Waals surface area contributed by atoms with E-state index in [0.717, 1.165) is 16.7 Å². The van der Waals surface area contributed by atoms with Gasteiger partial charge in [0.2, 0.25) is 0 Å². The van der Waals surface area contributed by atoms with Crippen molar-refractivity contribution in [2.75, 3.05) is 7.11 Å². The molecule has 5 heteroatoms. The van der Waals surface area contributed by atoms with Gasteiger partial charge in [-0.2, -0.15) is 0 Å². The molecule has 0 amide bonds. The maximum absolute atomic E-state index is 6.25. The summed E-state index contributed by atoms with van der Waals surface area (Å²) in [7, 11) is 1.62. The van der Waals surface area contributed by atoms with Crippen LogP contribution < -0.4 is 14.8 Å². The number of benzene rings is 3. The third kappa shape index (κ3) is 5.03. The van der Waals surface area contributed by atoms with Crippen LogP contribution in [0.25, 0.3) is 0 Å². The number of ether oxygens (including phenoxy) is 2. The highest BCUT2D eigenvalue weighted by Crippen LogP contribution is 2.32. The average molecular weight is 412 g/mol. The molecule has 0 saturated carbocycles. The zero-order chi connectivity index (χ0) is 19.9. The van der Waals surface area contributed by atoms with Gasteiger partial charge in [0, 0.05) is 17.1 Å². The van der Waals surface area contributed by atoms with Gasteiger partial charge < -0.3 is 14.8 Å². The van der Waals surface area contributed by atoms with Gasteiger partial charge in [0.1, 0.15) is 11.6 Å². The van der Waals surface area contributed by atoms with Crippen LogP contribution >= 0.6 is 23.8 Å². The Kier molecular flexibility index (Phi) is 6.90. The first-order valence-corrected chi connectivity index (χ1v) is 9.74. The lowest BCUT2D eigenvalue weighted by Crippen LogP contribution is -2.22. The van der Waals surface area contributed by atoms with E-state index in [-0.39, 0.29) is 0 Å². The molecule has 0 unspecified atom stereocenters. The van der Waals surface area contributed by atoms with E-state index < -0.39 is 0 Å². The minimum absolute atomic E-state index is 0.327. The lowest BCUT2D eigenvalue weighted by molar-refractivity contribution is 0.284. The number of para-hydroxylation sites is 1. The molecule has 0 spiro atoms. The molecule has 0 fully saturated rings. The van der Waals surface area contributed by atoms with Gasteiger partial charge in [-0.05, 0) is 30.7 Å². The third-order valence-electron chi connectivity index (χ3n) is 4.35. The minimum atomic E-state index is 0.327. The van der Waals surface area contributed by atoms with Gasteiger partial charge in [0.25, 0.3) is 0 Å². The van der Waals surface area contributed by atoms with Crippen LogP contribution in [0.1, 0.15) is 22.3 Å². The summed E-state index contributed by atoms with van der Waals surface area (Å²) in [6.07, 6.45) is 0. The number of aryl methyl sites for hydroxylation is 1. The Hall–Kier alpha value is -2.56. The van der Waals surface area contributed by atoms with E-state index >= 15 is 0 Å². The first-order valence-electron chi connectivity index (χ1n) is 8.95. The molecule has 3 aromatic rings. The Morgan fingerprint density at radius 1 is 1.00 bits per heavy atom. The maximum atomic E-state index is 6.25. The van der Waals surface area contributed by atoms with Crippen LogP contribution in [0.2, 0.25) is 5.02 Å². The molecule has 144 valence electrons. The number of rotatable bonds is 7. The predicted octanol–water partition coefficient (Wildman–Crippen LogP) is 5.70. The van der Waals surface area contributed by atoms with Crippen molar-refractivity contribution in [3.8, 4) is 11.5 Å². The second-order valence-corrected chi connectivity index (χ2v) is 7.20. The molecule has 3 rings (SSSR count). The van der Waals surface area contributed by atoms with E-state index in [9.17, 15) is 0 Å². The molecule has 28 heavy (non-hydrogen) atoms. The zero-order valence-electron chi connectivity index (χ0n) is 15.9. The summed E-state index contributed by atoms with van der Waals surface area (Å²) in [4.78, 5) is 0.605. The van der Waals surface area contributed by atoms with Gasteiger partial charge in [-0.15, -0.1) is 0 Å². The quantitative estimate of drug-likeness (QED) is 0.505. The van der Waals surface area contributed by atoms with E-state index in [4.69, 9.17) is 33.3 Å². The normalized spacial score (nSPS) is 10.4. The Balaban J connectivity index is 1.77. The summed E-state index contributed by atoms with van der Waals surface area (Å²) in [5, 5.41) is 3.97. The van der Waals surface area contributed by atoms with Crippen LogP contribution in [0.4, 0.5) is 0 Å². The van der Waals surface area contributed by atoms with E-state index in [2.05, 4.69) is 36.5 Å². The third-order valence-corrected chi connectivity index (χ3v) is 5.08. The first-order chi connectivity index (χ1) is 13.6. The van der Waals surface area contributed by atoms with Crippen LogP contribution in [0.3, 0.4) is 0 Å².